The van der Waals surface area contributed by atoms with E-state index in [1.54, 1.807) is 6.92 Å². The highest BCUT2D eigenvalue weighted by atomic mass is 32.1. The van der Waals surface area contributed by atoms with Crippen LogP contribution < -0.4 is 10.6 Å². The average Bonchev–Trinajstić information content (AvgIpc) is 2.92. The van der Waals surface area contributed by atoms with E-state index in [1.165, 1.54) is 5.38 Å². The summed E-state index contributed by atoms with van der Waals surface area (Å²) in [7, 11) is 0. The molecule has 1 aliphatic heterocycles. The summed E-state index contributed by atoms with van der Waals surface area (Å²) in [6.07, 6.45) is 0.410. The van der Waals surface area contributed by atoms with Crippen LogP contribution in [0, 0.1) is 0 Å². The van der Waals surface area contributed by atoms with Gasteiger partial charge in [-0.2, -0.15) is 0 Å². The second-order valence-corrected chi connectivity index (χ2v) is 5.09. The lowest BCUT2D eigenvalue weighted by Gasteiger charge is -2.21. The predicted molar refractivity (Wildman–Crippen MR) is 71.7 cm³/mol. The first-order valence-electron chi connectivity index (χ1n) is 6.28. The molecular weight excluding hydrogens is 298 g/mol. The molecule has 2 heterocycles. The molecule has 1 aromatic heterocycles. The minimum atomic E-state index is -0.775. The summed E-state index contributed by atoms with van der Waals surface area (Å²) in [5, 5.41) is 6.10. The Morgan fingerprint density at radius 3 is 2.95 bits per heavy atom. The van der Waals surface area contributed by atoms with Crippen LogP contribution in [-0.4, -0.2) is 41.3 Å². The Labute approximate surface area is 123 Å². The molecule has 1 aliphatic rings. The minimum Gasteiger partial charge on any atom is -0.461 e. The van der Waals surface area contributed by atoms with Crippen molar-refractivity contribution in [3.05, 3.63) is 16.1 Å². The van der Waals surface area contributed by atoms with E-state index in [-0.39, 0.29) is 36.1 Å². The Hall–Kier alpha value is -2.29. The molecule has 1 aromatic rings. The Morgan fingerprint density at radius 2 is 2.29 bits per heavy atom. The van der Waals surface area contributed by atoms with Crippen molar-refractivity contribution in [1.29, 1.82) is 0 Å². The summed E-state index contributed by atoms with van der Waals surface area (Å²) in [4.78, 5) is 49.8. The van der Waals surface area contributed by atoms with Crippen molar-refractivity contribution in [2.45, 2.75) is 25.8 Å². The molecule has 0 radical (unpaired) electrons. The first-order chi connectivity index (χ1) is 10.0. The maximum atomic E-state index is 11.9. The molecule has 1 unspecified atom stereocenters. The van der Waals surface area contributed by atoms with Gasteiger partial charge in [-0.25, -0.2) is 9.78 Å². The lowest BCUT2D eigenvalue weighted by molar-refractivity contribution is -0.134. The van der Waals surface area contributed by atoms with Gasteiger partial charge in [0.05, 0.1) is 6.61 Å². The average molecular weight is 311 g/mol. The molecule has 1 fully saturated rings. The van der Waals surface area contributed by atoms with Crippen LogP contribution in [0.4, 0.5) is 0 Å². The lowest BCUT2D eigenvalue weighted by Crippen LogP contribution is -2.52. The number of ether oxygens (including phenoxy) is 1. The normalized spacial score (nSPS) is 18.0. The van der Waals surface area contributed by atoms with E-state index in [0.717, 1.165) is 11.3 Å². The van der Waals surface area contributed by atoms with Gasteiger partial charge in [-0.1, -0.05) is 0 Å². The molecule has 2 rings (SSSR count). The first kappa shape index (κ1) is 15.1. The Kier molecular flexibility index (Phi) is 4.63. The molecule has 2 N–H and O–H groups in total. The molecule has 9 heteroatoms. The molecule has 1 atom stereocenters. The van der Waals surface area contributed by atoms with E-state index in [9.17, 15) is 19.2 Å². The van der Waals surface area contributed by atoms with Crippen molar-refractivity contribution in [2.75, 3.05) is 6.61 Å². The number of piperidine rings is 1. The van der Waals surface area contributed by atoms with E-state index < -0.39 is 23.8 Å². The third kappa shape index (κ3) is 3.63. The molecule has 0 saturated carbocycles. The fourth-order valence-electron chi connectivity index (χ4n) is 1.73. The van der Waals surface area contributed by atoms with Gasteiger partial charge in [-0.05, 0) is 13.3 Å². The van der Waals surface area contributed by atoms with Gasteiger partial charge in [0.15, 0.2) is 0 Å². The van der Waals surface area contributed by atoms with E-state index in [4.69, 9.17) is 4.74 Å². The maximum absolute atomic E-state index is 11.9. The topological polar surface area (TPSA) is 114 Å². The number of nitrogens with one attached hydrogen (secondary N) is 2. The standard InChI is InChI=1S/C12H13N3O5S/c1-2-20-12(19)11-14-7(5-21-11)10(18)13-6-3-4-8(16)15-9(6)17/h5-6H,2-4H2,1H3,(H,13,18)(H,15,16,17). The fourth-order valence-corrected chi connectivity index (χ4v) is 2.42. The van der Waals surface area contributed by atoms with Gasteiger partial charge in [0.2, 0.25) is 16.8 Å². The van der Waals surface area contributed by atoms with Crippen LogP contribution in [-0.2, 0) is 14.3 Å². The van der Waals surface area contributed by atoms with Crippen LogP contribution in [0.3, 0.4) is 0 Å². The monoisotopic (exact) mass is 311 g/mol. The van der Waals surface area contributed by atoms with Gasteiger partial charge in [0.25, 0.3) is 5.91 Å². The fraction of sp³-hybridized carbons (Fsp3) is 0.417. The third-order valence-corrected chi connectivity index (χ3v) is 3.55. The molecule has 1 saturated heterocycles. The second kappa shape index (κ2) is 6.44. The number of carbonyl (C=O) groups is 4. The molecule has 0 bridgehead atoms. The zero-order valence-electron chi connectivity index (χ0n) is 11.2. The zero-order valence-corrected chi connectivity index (χ0v) is 12.0. The molecule has 0 aromatic carbocycles. The molecule has 3 amide bonds. The van der Waals surface area contributed by atoms with Crippen molar-refractivity contribution in [2.24, 2.45) is 0 Å². The Morgan fingerprint density at radius 1 is 1.52 bits per heavy atom. The van der Waals surface area contributed by atoms with E-state index in [2.05, 4.69) is 15.6 Å². The van der Waals surface area contributed by atoms with E-state index >= 15 is 0 Å². The molecule has 0 aliphatic carbocycles. The van der Waals surface area contributed by atoms with Crippen LogP contribution in [0.1, 0.15) is 40.1 Å². The minimum absolute atomic E-state index is 0.0350. The van der Waals surface area contributed by atoms with Crippen LogP contribution in [0.15, 0.2) is 5.38 Å². The largest absolute Gasteiger partial charge is 0.461 e. The number of thiazole rings is 1. The molecule has 112 valence electrons. The molecule has 8 nitrogen and oxygen atoms in total. The summed E-state index contributed by atoms with van der Waals surface area (Å²) in [6, 6.07) is -0.775. The van der Waals surface area contributed by atoms with Gasteiger partial charge >= 0.3 is 5.97 Å². The Bertz CT molecular complexity index is 597. The lowest BCUT2D eigenvalue weighted by atomic mass is 10.1. The zero-order chi connectivity index (χ0) is 15.4. The number of imide groups is 1. The van der Waals surface area contributed by atoms with Crippen molar-refractivity contribution in [3.63, 3.8) is 0 Å². The molecule has 21 heavy (non-hydrogen) atoms. The number of carbonyl (C=O) groups excluding carboxylic acids is 4. The number of amides is 3. The van der Waals surface area contributed by atoms with Gasteiger partial charge in [-0.3, -0.25) is 19.7 Å². The van der Waals surface area contributed by atoms with Gasteiger partial charge in [0, 0.05) is 11.8 Å². The van der Waals surface area contributed by atoms with Crippen LogP contribution in [0.25, 0.3) is 0 Å². The number of aromatic nitrogens is 1. The summed E-state index contributed by atoms with van der Waals surface area (Å²) >= 11 is 0.988. The SMILES string of the molecule is CCOC(=O)c1nc(C(=O)NC2CCC(=O)NC2=O)cs1. The first-order valence-corrected chi connectivity index (χ1v) is 7.16. The number of hydrogen-bond acceptors (Lipinski definition) is 7. The predicted octanol–water partition coefficient (Wildman–Crippen LogP) is -0.145. The number of rotatable bonds is 4. The summed E-state index contributed by atoms with van der Waals surface area (Å²) in [5.41, 5.74) is 0.0350. The quantitative estimate of drug-likeness (QED) is 0.590. The second-order valence-electron chi connectivity index (χ2n) is 4.24. The van der Waals surface area contributed by atoms with Gasteiger partial charge < -0.3 is 10.1 Å². The van der Waals surface area contributed by atoms with Crippen LogP contribution in [0.5, 0.6) is 0 Å². The number of esters is 1. The summed E-state index contributed by atoms with van der Waals surface area (Å²) in [5.74, 6) is -2.07. The van der Waals surface area contributed by atoms with E-state index in [0.29, 0.717) is 0 Å². The summed E-state index contributed by atoms with van der Waals surface area (Å²) < 4.78 is 4.78. The highest BCUT2D eigenvalue weighted by molar-refractivity contribution is 7.11. The smallest absolute Gasteiger partial charge is 0.367 e. The Balaban J connectivity index is 1.99. The third-order valence-electron chi connectivity index (χ3n) is 2.73. The summed E-state index contributed by atoms with van der Waals surface area (Å²) in [6.45, 7) is 1.89. The van der Waals surface area contributed by atoms with Crippen molar-refractivity contribution >= 4 is 35.0 Å². The number of nitrogens with zero attached hydrogens (tertiary/aromatic N) is 1. The van der Waals surface area contributed by atoms with Crippen molar-refractivity contribution in [3.8, 4) is 0 Å². The van der Waals surface area contributed by atoms with Crippen LogP contribution >= 0.6 is 11.3 Å². The van der Waals surface area contributed by atoms with Crippen molar-refractivity contribution in [1.82, 2.24) is 15.6 Å². The molecular formula is C12H13N3O5S. The van der Waals surface area contributed by atoms with Gasteiger partial charge in [0.1, 0.15) is 11.7 Å². The van der Waals surface area contributed by atoms with Crippen LogP contribution in [0.2, 0.25) is 0 Å². The van der Waals surface area contributed by atoms with E-state index in [1.807, 2.05) is 0 Å². The number of hydrogen-bond donors (Lipinski definition) is 2. The van der Waals surface area contributed by atoms with Crippen molar-refractivity contribution < 1.29 is 23.9 Å². The van der Waals surface area contributed by atoms with Gasteiger partial charge in [-0.15, -0.1) is 11.3 Å². The highest BCUT2D eigenvalue weighted by Crippen LogP contribution is 2.12. The molecule has 0 spiro atoms. The maximum Gasteiger partial charge on any atom is 0.367 e. The highest BCUT2D eigenvalue weighted by Gasteiger charge is 2.28.